The number of carboxylic acid groups (broad SMARTS) is 1. The van der Waals surface area contributed by atoms with E-state index in [4.69, 9.17) is 5.11 Å². The zero-order valence-corrected chi connectivity index (χ0v) is 12.7. The van der Waals surface area contributed by atoms with Crippen LogP contribution in [0.3, 0.4) is 0 Å². The average molecular weight is 283 g/mol. The summed E-state index contributed by atoms with van der Waals surface area (Å²) < 4.78 is 4.42. The van der Waals surface area contributed by atoms with Gasteiger partial charge in [0.05, 0.1) is 5.92 Å². The van der Waals surface area contributed by atoms with E-state index in [-0.39, 0.29) is 17.4 Å². The Bertz CT molecular complexity index is 467. The van der Waals surface area contributed by atoms with Crippen molar-refractivity contribution in [2.45, 2.75) is 52.0 Å². The average Bonchev–Trinajstić information content (AvgIpc) is 2.77. The number of rotatable bonds is 2. The molecule has 1 N–H and O–H groups in total. The van der Waals surface area contributed by atoms with E-state index < -0.39 is 5.97 Å². The highest BCUT2D eigenvalue weighted by molar-refractivity contribution is 7.09. The van der Waals surface area contributed by atoms with Gasteiger partial charge in [-0.25, -0.2) is 4.98 Å². The van der Waals surface area contributed by atoms with Gasteiger partial charge in [0, 0.05) is 29.5 Å². The van der Waals surface area contributed by atoms with E-state index in [1.165, 1.54) is 11.5 Å². The highest BCUT2D eigenvalue weighted by atomic mass is 32.1. The van der Waals surface area contributed by atoms with Crippen LogP contribution in [-0.2, 0) is 10.2 Å². The molecule has 6 heteroatoms. The fourth-order valence-electron chi connectivity index (χ4n) is 2.32. The Morgan fingerprint density at radius 2 is 2.16 bits per heavy atom. The SMILES string of the molecule is CC1CC(C(=O)O)CCN1c1nc(C(C)(C)C)ns1. The molecule has 2 heterocycles. The zero-order valence-electron chi connectivity index (χ0n) is 11.9. The first kappa shape index (κ1) is 14.2. The van der Waals surface area contributed by atoms with Crippen molar-refractivity contribution in [1.29, 1.82) is 0 Å². The lowest BCUT2D eigenvalue weighted by atomic mass is 9.92. The fourth-order valence-corrected chi connectivity index (χ4v) is 3.30. The van der Waals surface area contributed by atoms with Gasteiger partial charge in [0.15, 0.2) is 0 Å². The number of hydrogen-bond donors (Lipinski definition) is 1. The van der Waals surface area contributed by atoms with E-state index in [0.717, 1.165) is 17.5 Å². The predicted octanol–water partition coefficient (Wildman–Crippen LogP) is 2.53. The van der Waals surface area contributed by atoms with Crippen LogP contribution >= 0.6 is 11.5 Å². The van der Waals surface area contributed by atoms with E-state index in [9.17, 15) is 4.79 Å². The van der Waals surface area contributed by atoms with Gasteiger partial charge in [-0.15, -0.1) is 0 Å². The van der Waals surface area contributed by atoms with Crippen LogP contribution in [0.25, 0.3) is 0 Å². The molecule has 2 rings (SSSR count). The highest BCUT2D eigenvalue weighted by Crippen LogP contribution is 2.31. The minimum atomic E-state index is -0.681. The maximum atomic E-state index is 11.0. The van der Waals surface area contributed by atoms with Gasteiger partial charge in [0.25, 0.3) is 0 Å². The van der Waals surface area contributed by atoms with Crippen molar-refractivity contribution in [1.82, 2.24) is 9.36 Å². The maximum Gasteiger partial charge on any atom is 0.306 e. The number of piperidine rings is 1. The molecule has 0 aromatic carbocycles. The molecule has 1 fully saturated rings. The van der Waals surface area contributed by atoms with Gasteiger partial charge in [-0.05, 0) is 19.8 Å². The molecule has 0 amide bonds. The second kappa shape index (κ2) is 5.07. The van der Waals surface area contributed by atoms with Crippen molar-refractivity contribution in [2.24, 2.45) is 5.92 Å². The Kier molecular flexibility index (Phi) is 3.80. The summed E-state index contributed by atoms with van der Waals surface area (Å²) in [5.74, 6) is -0.0412. The van der Waals surface area contributed by atoms with Gasteiger partial charge >= 0.3 is 5.97 Å². The molecule has 5 nitrogen and oxygen atoms in total. The van der Waals surface area contributed by atoms with Crippen LogP contribution in [0.2, 0.25) is 0 Å². The molecule has 2 atom stereocenters. The monoisotopic (exact) mass is 283 g/mol. The smallest absolute Gasteiger partial charge is 0.306 e. The number of anilines is 1. The quantitative estimate of drug-likeness (QED) is 0.903. The minimum absolute atomic E-state index is 0.0443. The summed E-state index contributed by atoms with van der Waals surface area (Å²) in [5, 5.41) is 10.00. The Balaban J connectivity index is 2.11. The molecule has 1 aliphatic rings. The first-order chi connectivity index (χ1) is 8.79. The molecule has 106 valence electrons. The summed E-state index contributed by atoms with van der Waals surface area (Å²) in [7, 11) is 0. The van der Waals surface area contributed by atoms with Crippen LogP contribution < -0.4 is 4.90 Å². The molecule has 1 aromatic rings. The summed E-state index contributed by atoms with van der Waals surface area (Å²) in [6.07, 6.45) is 1.36. The van der Waals surface area contributed by atoms with Crippen LogP contribution in [0.15, 0.2) is 0 Å². The summed E-state index contributed by atoms with van der Waals surface area (Å²) in [6, 6.07) is 0.204. The van der Waals surface area contributed by atoms with Crippen molar-refractivity contribution in [3.8, 4) is 0 Å². The third kappa shape index (κ3) is 3.05. The van der Waals surface area contributed by atoms with Gasteiger partial charge in [-0.1, -0.05) is 20.8 Å². The van der Waals surface area contributed by atoms with E-state index in [1.807, 2.05) is 0 Å². The number of carbonyl (C=O) groups is 1. The second-order valence-electron chi connectivity index (χ2n) is 6.25. The molecule has 1 saturated heterocycles. The van der Waals surface area contributed by atoms with E-state index in [2.05, 4.69) is 42.0 Å². The molecule has 1 aromatic heterocycles. The van der Waals surface area contributed by atoms with Crippen LogP contribution in [0.1, 0.15) is 46.4 Å². The van der Waals surface area contributed by atoms with Crippen LogP contribution in [-0.4, -0.2) is 33.0 Å². The lowest BCUT2D eigenvalue weighted by Gasteiger charge is -2.35. The lowest BCUT2D eigenvalue weighted by Crippen LogP contribution is -2.42. The molecule has 0 spiro atoms. The molecule has 1 aliphatic heterocycles. The normalized spacial score (nSPS) is 24.5. The van der Waals surface area contributed by atoms with Crippen LogP contribution in [0.5, 0.6) is 0 Å². The molecule has 0 radical (unpaired) electrons. The van der Waals surface area contributed by atoms with E-state index >= 15 is 0 Å². The highest BCUT2D eigenvalue weighted by Gasteiger charge is 2.32. The summed E-state index contributed by atoms with van der Waals surface area (Å²) >= 11 is 1.41. The minimum Gasteiger partial charge on any atom is -0.481 e. The van der Waals surface area contributed by atoms with Crippen LogP contribution in [0, 0.1) is 5.92 Å². The predicted molar refractivity (Wildman–Crippen MR) is 75.8 cm³/mol. The fraction of sp³-hybridized carbons (Fsp3) is 0.769. The van der Waals surface area contributed by atoms with Crippen molar-refractivity contribution in [2.75, 3.05) is 11.4 Å². The van der Waals surface area contributed by atoms with Crippen molar-refractivity contribution in [3.05, 3.63) is 5.82 Å². The zero-order chi connectivity index (χ0) is 14.2. The second-order valence-corrected chi connectivity index (χ2v) is 6.98. The Morgan fingerprint density at radius 3 is 2.63 bits per heavy atom. The number of carboxylic acids is 1. The van der Waals surface area contributed by atoms with Crippen LogP contribution in [0.4, 0.5) is 5.13 Å². The molecule has 0 bridgehead atoms. The van der Waals surface area contributed by atoms with Gasteiger partial charge in [-0.3, -0.25) is 4.79 Å². The molecular formula is C13H21N3O2S. The number of nitrogens with zero attached hydrogens (tertiary/aromatic N) is 3. The summed E-state index contributed by atoms with van der Waals surface area (Å²) in [4.78, 5) is 17.8. The number of aromatic nitrogens is 2. The van der Waals surface area contributed by atoms with Crippen molar-refractivity contribution in [3.63, 3.8) is 0 Å². The third-order valence-electron chi connectivity index (χ3n) is 3.56. The Morgan fingerprint density at radius 1 is 1.47 bits per heavy atom. The Labute approximate surface area is 117 Å². The third-order valence-corrected chi connectivity index (χ3v) is 4.31. The first-order valence-electron chi connectivity index (χ1n) is 6.62. The van der Waals surface area contributed by atoms with E-state index in [1.54, 1.807) is 0 Å². The van der Waals surface area contributed by atoms with Crippen molar-refractivity contribution >= 4 is 22.6 Å². The molecular weight excluding hydrogens is 262 g/mol. The maximum absolute atomic E-state index is 11.0. The number of hydrogen-bond acceptors (Lipinski definition) is 5. The van der Waals surface area contributed by atoms with Gasteiger partial charge in [0.2, 0.25) is 5.13 Å². The molecule has 0 saturated carbocycles. The van der Waals surface area contributed by atoms with Gasteiger partial charge in [-0.2, -0.15) is 4.37 Å². The van der Waals surface area contributed by atoms with Crippen molar-refractivity contribution < 1.29 is 9.90 Å². The first-order valence-corrected chi connectivity index (χ1v) is 7.40. The Hall–Kier alpha value is -1.17. The molecule has 19 heavy (non-hydrogen) atoms. The lowest BCUT2D eigenvalue weighted by molar-refractivity contribution is -0.142. The summed E-state index contributed by atoms with van der Waals surface area (Å²) in [5.41, 5.74) is -0.0443. The largest absolute Gasteiger partial charge is 0.481 e. The number of aliphatic carboxylic acids is 1. The standard InChI is InChI=1S/C13H21N3O2S/c1-8-7-9(10(17)18)5-6-16(8)12-14-11(15-19-12)13(2,3)4/h8-9H,5-7H2,1-4H3,(H,17,18). The topological polar surface area (TPSA) is 66.3 Å². The van der Waals surface area contributed by atoms with Gasteiger partial charge < -0.3 is 10.0 Å². The molecule has 0 aliphatic carbocycles. The molecule has 2 unspecified atom stereocenters. The van der Waals surface area contributed by atoms with E-state index in [0.29, 0.717) is 12.8 Å². The van der Waals surface area contributed by atoms with Gasteiger partial charge in [0.1, 0.15) is 5.82 Å². The summed E-state index contributed by atoms with van der Waals surface area (Å²) in [6.45, 7) is 9.10.